The molecule has 0 aliphatic heterocycles. The molecule has 52 heavy (non-hydrogen) atoms. The molecule has 4 aromatic carbocycles. The fourth-order valence-electron chi connectivity index (χ4n) is 6.13. The Balaban J connectivity index is 1.49. The molecular formula is C39H42N6O6S. The monoisotopic (exact) mass is 722 g/mol. The molecule has 0 bridgehead atoms. The van der Waals surface area contributed by atoms with Gasteiger partial charge in [0.15, 0.2) is 0 Å². The lowest BCUT2D eigenvalue weighted by atomic mass is 9.84. The minimum absolute atomic E-state index is 0.00195. The van der Waals surface area contributed by atoms with Gasteiger partial charge in [-0.2, -0.15) is 4.31 Å². The first-order valence-corrected chi connectivity index (χ1v) is 18.1. The molecule has 1 aromatic heterocycles. The Kier molecular flexibility index (Phi) is 12.5. The average Bonchev–Trinajstić information content (AvgIpc) is 3.16. The Hall–Kier alpha value is -5.47. The van der Waals surface area contributed by atoms with Crippen molar-refractivity contribution >= 4 is 33.4 Å². The fraction of sp³-hybridized carbons (Fsp3) is 0.231. The highest BCUT2D eigenvalue weighted by Crippen LogP contribution is 2.32. The molecule has 0 aliphatic rings. The van der Waals surface area contributed by atoms with Crippen molar-refractivity contribution in [1.82, 2.24) is 14.3 Å². The Labute approximate surface area is 303 Å². The highest BCUT2D eigenvalue weighted by Gasteiger charge is 2.37. The zero-order chi connectivity index (χ0) is 37.3. The predicted octanol–water partition coefficient (Wildman–Crippen LogP) is 4.81. The largest absolute Gasteiger partial charge is 0.452 e. The number of anilines is 2. The van der Waals surface area contributed by atoms with Gasteiger partial charge in [-0.25, -0.2) is 28.1 Å². The van der Waals surface area contributed by atoms with Gasteiger partial charge in [0.1, 0.15) is 6.33 Å². The first-order valence-electron chi connectivity index (χ1n) is 16.7. The van der Waals surface area contributed by atoms with Crippen LogP contribution < -0.4 is 16.4 Å². The molecule has 5 aromatic rings. The number of nitrogen functional groups attached to an aromatic ring is 1. The summed E-state index contributed by atoms with van der Waals surface area (Å²) in [6.45, 7) is 1.11. The molecule has 13 heteroatoms. The first-order chi connectivity index (χ1) is 25.1. The Morgan fingerprint density at radius 3 is 2.04 bits per heavy atom. The maximum absolute atomic E-state index is 14.4. The average molecular weight is 723 g/mol. The molecule has 12 nitrogen and oxygen atoms in total. The maximum atomic E-state index is 14.4. The number of hydrogen-bond donors (Lipinski definition) is 3. The van der Waals surface area contributed by atoms with E-state index in [2.05, 4.69) is 9.97 Å². The summed E-state index contributed by atoms with van der Waals surface area (Å²) >= 11 is 0. The van der Waals surface area contributed by atoms with E-state index in [1.807, 2.05) is 60.7 Å². The number of carbonyl (C=O) groups excluding carboxylic acids is 2. The van der Waals surface area contributed by atoms with Crippen molar-refractivity contribution in [2.45, 2.75) is 49.2 Å². The van der Waals surface area contributed by atoms with E-state index in [0.717, 1.165) is 16.0 Å². The summed E-state index contributed by atoms with van der Waals surface area (Å²) in [7, 11) is -2.99. The minimum atomic E-state index is -4.17. The summed E-state index contributed by atoms with van der Waals surface area (Å²) in [6.07, 6.45) is 2.26. The number of nitrogens with two attached hydrogens (primary N) is 2. The second kappa shape index (κ2) is 17.2. The number of nitrogens with zero attached hydrogens (tertiary/aromatic N) is 4. The van der Waals surface area contributed by atoms with E-state index in [1.165, 1.54) is 42.0 Å². The van der Waals surface area contributed by atoms with Crippen LogP contribution in [0.1, 0.15) is 40.3 Å². The predicted molar refractivity (Wildman–Crippen MR) is 199 cm³/mol. The number of ether oxygens (including phenoxy) is 1. The third-order valence-corrected chi connectivity index (χ3v) is 10.9. The smallest absolute Gasteiger partial charge is 0.420 e. The molecular weight excluding hydrogens is 681 g/mol. The van der Waals surface area contributed by atoms with Crippen molar-refractivity contribution in [2.75, 3.05) is 24.4 Å². The van der Waals surface area contributed by atoms with Crippen LogP contribution in [0.3, 0.4) is 0 Å². The third-order valence-electron chi connectivity index (χ3n) is 8.96. The second-order valence-electron chi connectivity index (χ2n) is 12.2. The summed E-state index contributed by atoms with van der Waals surface area (Å²) in [4.78, 5) is 37.0. The molecule has 0 saturated carbocycles. The van der Waals surface area contributed by atoms with Crippen molar-refractivity contribution in [1.29, 1.82) is 0 Å². The number of aliphatic hydroxyl groups excluding tert-OH is 1. The van der Waals surface area contributed by atoms with Crippen LogP contribution in [0, 0.1) is 6.92 Å². The summed E-state index contributed by atoms with van der Waals surface area (Å²) < 4.78 is 34.6. The van der Waals surface area contributed by atoms with Gasteiger partial charge in [-0.05, 0) is 66.8 Å². The molecule has 0 saturated heterocycles. The maximum Gasteiger partial charge on any atom is 0.420 e. The standard InChI is InChI=1S/C39H42N6O6S/c1-27-31(23-42-26-43-27)24-44(52(49,50)34-21-18-32(40)19-22-34)33(25-46)20-17-28-11-9-10-16-35(28)45(39(48)51-2)38(47)37(41)36(29-12-5-3-6-13-29)30-14-7-4-8-15-30/h3-16,18-19,21-23,26,33,36-37,46H,17,20,24-25,40-41H2,1-2H3/t33-,37-/m0/s1. The van der Waals surface area contributed by atoms with Gasteiger partial charge in [-0.15, -0.1) is 0 Å². The lowest BCUT2D eigenvalue weighted by Gasteiger charge is -2.31. The zero-order valence-electron chi connectivity index (χ0n) is 28.9. The molecule has 1 heterocycles. The van der Waals surface area contributed by atoms with E-state index in [4.69, 9.17) is 16.2 Å². The Bertz CT molecular complexity index is 2030. The normalized spacial score (nSPS) is 12.7. The van der Waals surface area contributed by atoms with E-state index in [1.54, 1.807) is 37.4 Å². The first kappa shape index (κ1) is 37.8. The van der Waals surface area contributed by atoms with Gasteiger partial charge < -0.3 is 21.3 Å². The van der Waals surface area contributed by atoms with E-state index >= 15 is 0 Å². The molecule has 0 radical (unpaired) electrons. The van der Waals surface area contributed by atoms with Gasteiger partial charge >= 0.3 is 6.09 Å². The molecule has 2 atom stereocenters. The summed E-state index contributed by atoms with van der Waals surface area (Å²) in [5.41, 5.74) is 16.5. The Morgan fingerprint density at radius 2 is 1.46 bits per heavy atom. The highest BCUT2D eigenvalue weighted by atomic mass is 32.2. The molecule has 5 N–H and O–H groups in total. The minimum Gasteiger partial charge on any atom is -0.452 e. The lowest BCUT2D eigenvalue weighted by Crippen LogP contribution is -2.50. The van der Waals surface area contributed by atoms with Gasteiger partial charge in [0.2, 0.25) is 10.0 Å². The van der Waals surface area contributed by atoms with Crippen molar-refractivity contribution in [3.05, 3.63) is 150 Å². The van der Waals surface area contributed by atoms with E-state index in [0.29, 0.717) is 22.5 Å². The van der Waals surface area contributed by atoms with Gasteiger partial charge in [-0.3, -0.25) is 4.79 Å². The van der Waals surface area contributed by atoms with Crippen LogP contribution in [0.5, 0.6) is 0 Å². The second-order valence-corrected chi connectivity index (χ2v) is 14.1. The number of amides is 2. The number of sulfonamides is 1. The van der Waals surface area contributed by atoms with Crippen LogP contribution in [0.25, 0.3) is 0 Å². The molecule has 0 fully saturated rings. The fourth-order valence-corrected chi connectivity index (χ4v) is 7.76. The van der Waals surface area contributed by atoms with Crippen LogP contribution in [0.15, 0.2) is 127 Å². The van der Waals surface area contributed by atoms with Crippen molar-refractivity contribution in [3.63, 3.8) is 0 Å². The number of rotatable bonds is 14. The zero-order valence-corrected chi connectivity index (χ0v) is 29.8. The quantitative estimate of drug-likeness (QED) is 0.135. The highest BCUT2D eigenvalue weighted by molar-refractivity contribution is 7.89. The number of benzene rings is 4. The van der Waals surface area contributed by atoms with Crippen molar-refractivity contribution in [2.24, 2.45) is 5.73 Å². The van der Waals surface area contributed by atoms with E-state index < -0.39 is 46.6 Å². The molecule has 270 valence electrons. The van der Waals surface area contributed by atoms with Crippen LogP contribution in [-0.4, -0.2) is 65.6 Å². The van der Waals surface area contributed by atoms with Crippen molar-refractivity contribution < 1.29 is 27.9 Å². The van der Waals surface area contributed by atoms with Gasteiger partial charge in [-0.1, -0.05) is 78.9 Å². The van der Waals surface area contributed by atoms with Crippen LogP contribution >= 0.6 is 0 Å². The van der Waals surface area contributed by atoms with Crippen molar-refractivity contribution in [3.8, 4) is 0 Å². The van der Waals surface area contributed by atoms with Crippen LogP contribution in [0.4, 0.5) is 16.2 Å². The number of aromatic nitrogens is 2. The lowest BCUT2D eigenvalue weighted by molar-refractivity contribution is -0.119. The molecule has 2 amide bonds. The topological polar surface area (TPSA) is 182 Å². The number of carbonyl (C=O) groups is 2. The third kappa shape index (κ3) is 8.52. The van der Waals surface area contributed by atoms with Gasteiger partial charge in [0.25, 0.3) is 5.91 Å². The van der Waals surface area contributed by atoms with Crippen LogP contribution in [0.2, 0.25) is 0 Å². The summed E-state index contributed by atoms with van der Waals surface area (Å²) in [6, 6.07) is 29.1. The van der Waals surface area contributed by atoms with Gasteiger partial charge in [0.05, 0.1) is 30.3 Å². The summed E-state index contributed by atoms with van der Waals surface area (Å²) in [5, 5.41) is 10.7. The number of methoxy groups -OCH3 is 1. The molecule has 5 rings (SSSR count). The number of aliphatic hydroxyl groups is 1. The number of para-hydroxylation sites is 1. The van der Waals surface area contributed by atoms with Crippen LogP contribution in [-0.2, 0) is 32.5 Å². The molecule has 0 spiro atoms. The van der Waals surface area contributed by atoms with E-state index in [9.17, 15) is 23.1 Å². The number of hydrogen-bond acceptors (Lipinski definition) is 10. The number of aryl methyl sites for hydroxylation is 2. The molecule has 0 aliphatic carbocycles. The SMILES string of the molecule is COC(=O)N(C(=O)[C@@H](N)C(c1ccccc1)c1ccccc1)c1ccccc1CC[C@@H](CO)N(Cc1cncnc1C)S(=O)(=O)c1ccc(N)cc1. The Morgan fingerprint density at radius 1 is 0.865 bits per heavy atom. The van der Waals surface area contributed by atoms with E-state index in [-0.39, 0.29) is 30.0 Å². The number of imide groups is 1. The molecule has 0 unspecified atom stereocenters. The summed E-state index contributed by atoms with van der Waals surface area (Å²) in [5.74, 6) is -1.28. The van der Waals surface area contributed by atoms with Gasteiger partial charge in [0, 0.05) is 41.6 Å².